The highest BCUT2D eigenvalue weighted by molar-refractivity contribution is 6.31. The molecule has 0 aliphatic carbocycles. The Bertz CT molecular complexity index is 758. The largest absolute Gasteiger partial charge is 0.507 e. The molecule has 0 bridgehead atoms. The standard InChI is InChI=1S/C17H16ClNO4/c1-3-23-17(22)13-8-11(5-7-15(13)20)16(21)19-14-9-12(18)6-4-10(14)2/h4-9,20H,3H2,1-2H3,(H,19,21). The summed E-state index contributed by atoms with van der Waals surface area (Å²) in [5.41, 5.74) is 1.60. The first kappa shape index (κ1) is 16.8. The quantitative estimate of drug-likeness (QED) is 0.835. The number of nitrogens with one attached hydrogen (secondary N) is 1. The van der Waals surface area contributed by atoms with Gasteiger partial charge in [0.1, 0.15) is 11.3 Å². The lowest BCUT2D eigenvalue weighted by Gasteiger charge is -2.10. The maximum Gasteiger partial charge on any atom is 0.341 e. The summed E-state index contributed by atoms with van der Waals surface area (Å²) in [5.74, 6) is -1.33. The van der Waals surface area contributed by atoms with Crippen molar-refractivity contribution in [2.24, 2.45) is 0 Å². The van der Waals surface area contributed by atoms with Crippen molar-refractivity contribution in [1.82, 2.24) is 0 Å². The Morgan fingerprint density at radius 2 is 1.96 bits per heavy atom. The van der Waals surface area contributed by atoms with Gasteiger partial charge in [-0.25, -0.2) is 4.79 Å². The number of rotatable bonds is 4. The first-order valence-electron chi connectivity index (χ1n) is 7.00. The van der Waals surface area contributed by atoms with Crippen LogP contribution in [-0.2, 0) is 4.74 Å². The van der Waals surface area contributed by atoms with Crippen LogP contribution in [-0.4, -0.2) is 23.6 Å². The lowest BCUT2D eigenvalue weighted by Crippen LogP contribution is -2.14. The van der Waals surface area contributed by atoms with Gasteiger partial charge in [0.15, 0.2) is 0 Å². The highest BCUT2D eigenvalue weighted by Gasteiger charge is 2.16. The van der Waals surface area contributed by atoms with Crippen LogP contribution in [0.1, 0.15) is 33.2 Å². The first-order chi connectivity index (χ1) is 10.9. The minimum absolute atomic E-state index is 0.0534. The van der Waals surface area contributed by atoms with Gasteiger partial charge in [0, 0.05) is 16.3 Å². The van der Waals surface area contributed by atoms with Crippen molar-refractivity contribution in [2.75, 3.05) is 11.9 Å². The van der Waals surface area contributed by atoms with Crippen LogP contribution in [0.5, 0.6) is 5.75 Å². The van der Waals surface area contributed by atoms with Gasteiger partial charge in [0.25, 0.3) is 5.91 Å². The van der Waals surface area contributed by atoms with Crippen molar-refractivity contribution in [3.8, 4) is 5.75 Å². The maximum atomic E-state index is 12.3. The van der Waals surface area contributed by atoms with Crippen LogP contribution in [0.25, 0.3) is 0 Å². The number of ether oxygens (including phenoxy) is 1. The van der Waals surface area contributed by atoms with Gasteiger partial charge in [-0.05, 0) is 49.7 Å². The number of amides is 1. The van der Waals surface area contributed by atoms with Gasteiger partial charge < -0.3 is 15.2 Å². The normalized spacial score (nSPS) is 10.2. The molecule has 2 rings (SSSR count). The molecule has 0 aliphatic rings. The van der Waals surface area contributed by atoms with Crippen LogP contribution in [0.3, 0.4) is 0 Å². The summed E-state index contributed by atoms with van der Waals surface area (Å²) in [4.78, 5) is 24.1. The molecule has 2 aromatic carbocycles. The van der Waals surface area contributed by atoms with E-state index in [2.05, 4.69) is 5.32 Å². The third-order valence-corrected chi connectivity index (χ3v) is 3.44. The minimum Gasteiger partial charge on any atom is -0.507 e. The molecule has 0 radical (unpaired) electrons. The van der Waals surface area contributed by atoms with Crippen molar-refractivity contribution in [2.45, 2.75) is 13.8 Å². The molecule has 0 fully saturated rings. The fraction of sp³-hybridized carbons (Fsp3) is 0.176. The Morgan fingerprint density at radius 3 is 2.65 bits per heavy atom. The number of anilines is 1. The monoisotopic (exact) mass is 333 g/mol. The molecule has 0 saturated heterocycles. The van der Waals surface area contributed by atoms with Crippen LogP contribution in [0, 0.1) is 6.92 Å². The molecule has 1 amide bonds. The number of carbonyl (C=O) groups excluding carboxylic acids is 2. The van der Waals surface area contributed by atoms with E-state index in [-0.39, 0.29) is 23.5 Å². The lowest BCUT2D eigenvalue weighted by molar-refractivity contribution is 0.0523. The maximum absolute atomic E-state index is 12.3. The molecule has 0 unspecified atom stereocenters. The fourth-order valence-electron chi connectivity index (χ4n) is 1.97. The number of aryl methyl sites for hydroxylation is 1. The molecule has 0 saturated carbocycles. The van der Waals surface area contributed by atoms with Crippen LogP contribution >= 0.6 is 11.6 Å². The zero-order valence-electron chi connectivity index (χ0n) is 12.7. The van der Waals surface area contributed by atoms with E-state index in [1.54, 1.807) is 25.1 Å². The minimum atomic E-state index is -0.682. The Balaban J connectivity index is 2.27. The average Bonchev–Trinajstić information content (AvgIpc) is 2.51. The summed E-state index contributed by atoms with van der Waals surface area (Å²) in [6.07, 6.45) is 0. The van der Waals surface area contributed by atoms with Gasteiger partial charge in [-0.1, -0.05) is 17.7 Å². The number of halogens is 1. The summed E-state index contributed by atoms with van der Waals surface area (Å²) in [6.45, 7) is 3.68. The number of aromatic hydroxyl groups is 1. The average molecular weight is 334 g/mol. The Hall–Kier alpha value is -2.53. The van der Waals surface area contributed by atoms with E-state index in [9.17, 15) is 14.7 Å². The molecule has 23 heavy (non-hydrogen) atoms. The van der Waals surface area contributed by atoms with Gasteiger partial charge in [0.05, 0.1) is 6.61 Å². The SMILES string of the molecule is CCOC(=O)c1cc(C(=O)Nc2cc(Cl)ccc2C)ccc1O. The second-order valence-corrected chi connectivity index (χ2v) is 5.30. The number of phenols is 1. The predicted molar refractivity (Wildman–Crippen MR) is 88.2 cm³/mol. The molecular weight excluding hydrogens is 318 g/mol. The number of benzene rings is 2. The fourth-order valence-corrected chi connectivity index (χ4v) is 2.15. The molecule has 0 spiro atoms. The topological polar surface area (TPSA) is 75.6 Å². The molecule has 0 atom stereocenters. The van der Waals surface area contributed by atoms with Crippen molar-refractivity contribution in [3.63, 3.8) is 0 Å². The predicted octanol–water partition coefficient (Wildman–Crippen LogP) is 3.78. The molecule has 120 valence electrons. The van der Waals surface area contributed by atoms with Crippen LogP contribution in [0.2, 0.25) is 5.02 Å². The molecule has 2 N–H and O–H groups in total. The summed E-state index contributed by atoms with van der Waals surface area (Å²) >= 11 is 5.92. The number of carbonyl (C=O) groups is 2. The van der Waals surface area contributed by atoms with Crippen LogP contribution < -0.4 is 5.32 Å². The Labute approximate surface area is 138 Å². The van der Waals surface area contributed by atoms with E-state index in [1.165, 1.54) is 18.2 Å². The van der Waals surface area contributed by atoms with E-state index in [0.29, 0.717) is 10.7 Å². The third-order valence-electron chi connectivity index (χ3n) is 3.20. The van der Waals surface area contributed by atoms with Gasteiger partial charge in [0.2, 0.25) is 0 Å². The van der Waals surface area contributed by atoms with Crippen molar-refractivity contribution in [1.29, 1.82) is 0 Å². The molecule has 5 nitrogen and oxygen atoms in total. The number of esters is 1. The summed E-state index contributed by atoms with van der Waals surface area (Å²) in [6, 6.07) is 9.16. The molecule has 2 aromatic rings. The summed E-state index contributed by atoms with van der Waals surface area (Å²) in [7, 11) is 0. The zero-order chi connectivity index (χ0) is 17.0. The number of hydrogen-bond acceptors (Lipinski definition) is 4. The second kappa shape index (κ2) is 7.15. The van der Waals surface area contributed by atoms with E-state index in [4.69, 9.17) is 16.3 Å². The second-order valence-electron chi connectivity index (χ2n) is 4.87. The Kier molecular flexibility index (Phi) is 5.24. The van der Waals surface area contributed by atoms with Gasteiger partial charge >= 0.3 is 5.97 Å². The third kappa shape index (κ3) is 4.02. The van der Waals surface area contributed by atoms with Crippen molar-refractivity contribution >= 4 is 29.2 Å². The van der Waals surface area contributed by atoms with E-state index >= 15 is 0 Å². The Morgan fingerprint density at radius 1 is 1.22 bits per heavy atom. The molecule has 0 aromatic heterocycles. The highest BCUT2D eigenvalue weighted by atomic mass is 35.5. The van der Waals surface area contributed by atoms with Crippen molar-refractivity contribution < 1.29 is 19.4 Å². The number of phenolic OH excluding ortho intramolecular Hbond substituents is 1. The van der Waals surface area contributed by atoms with Gasteiger partial charge in [-0.2, -0.15) is 0 Å². The van der Waals surface area contributed by atoms with Crippen LogP contribution in [0.4, 0.5) is 5.69 Å². The molecule has 6 heteroatoms. The highest BCUT2D eigenvalue weighted by Crippen LogP contribution is 2.23. The molecule has 0 heterocycles. The van der Waals surface area contributed by atoms with Gasteiger partial charge in [-0.3, -0.25) is 4.79 Å². The summed E-state index contributed by atoms with van der Waals surface area (Å²) in [5, 5.41) is 13.0. The van der Waals surface area contributed by atoms with Gasteiger partial charge in [-0.15, -0.1) is 0 Å². The summed E-state index contributed by atoms with van der Waals surface area (Å²) < 4.78 is 4.85. The molecule has 0 aliphatic heterocycles. The van der Waals surface area contributed by atoms with Crippen molar-refractivity contribution in [3.05, 3.63) is 58.1 Å². The first-order valence-corrected chi connectivity index (χ1v) is 7.37. The van der Waals surface area contributed by atoms with E-state index < -0.39 is 11.9 Å². The number of hydrogen-bond donors (Lipinski definition) is 2. The van der Waals surface area contributed by atoms with E-state index in [0.717, 1.165) is 5.56 Å². The van der Waals surface area contributed by atoms with Crippen LogP contribution in [0.15, 0.2) is 36.4 Å². The lowest BCUT2D eigenvalue weighted by atomic mass is 10.1. The smallest absolute Gasteiger partial charge is 0.341 e. The molecular formula is C17H16ClNO4. The van der Waals surface area contributed by atoms with E-state index in [1.807, 2.05) is 6.92 Å². The zero-order valence-corrected chi connectivity index (χ0v) is 13.5.